The Hall–Kier alpha value is -10.4. The number of hydrogen-bond acceptors (Lipinski definition) is 5. The van der Waals surface area contributed by atoms with Crippen LogP contribution in [0.5, 0.6) is 0 Å². The quantitative estimate of drug-likeness (QED) is 0.159. The molecule has 7 nitrogen and oxygen atoms in total. The lowest BCUT2D eigenvalue weighted by molar-refractivity contribution is 0.671. The minimum absolute atomic E-state index is 0.537. The predicted octanol–water partition coefficient (Wildman–Crippen LogP) is 18.2. The number of rotatable bonds is 7. The van der Waals surface area contributed by atoms with Gasteiger partial charge in [-0.15, -0.1) is 0 Å². The Balaban J connectivity index is 0.968. The summed E-state index contributed by atoms with van der Waals surface area (Å²) in [6.45, 7) is 0. The largest absolute Gasteiger partial charge is 0.453 e. The van der Waals surface area contributed by atoms with Gasteiger partial charge in [-0.25, -0.2) is 15.0 Å². The van der Waals surface area contributed by atoms with Gasteiger partial charge in [0.2, 0.25) is 0 Å². The fourth-order valence-corrected chi connectivity index (χ4v) is 11.8. The lowest BCUT2D eigenvalue weighted by atomic mass is 9.92. The zero-order chi connectivity index (χ0) is 49.8. The number of hydrogen-bond donors (Lipinski definition) is 0. The van der Waals surface area contributed by atoms with E-state index in [0.717, 1.165) is 127 Å². The Bertz CT molecular complexity index is 4920. The van der Waals surface area contributed by atoms with Crippen molar-refractivity contribution in [2.75, 3.05) is 0 Å². The number of aromatic nitrogens is 5. The first-order valence-corrected chi connectivity index (χ1v) is 25.6. The molecule has 0 atom stereocenters. The summed E-state index contributed by atoms with van der Waals surface area (Å²) in [5, 5.41) is 8.76. The molecule has 0 aliphatic rings. The molecule has 354 valence electrons. The molecule has 76 heavy (non-hydrogen) atoms. The highest BCUT2D eigenvalue weighted by Gasteiger charge is 2.25. The van der Waals surface area contributed by atoms with Crippen LogP contribution in [0.3, 0.4) is 0 Å². The van der Waals surface area contributed by atoms with Crippen molar-refractivity contribution in [3.05, 3.63) is 249 Å². The van der Waals surface area contributed by atoms with Gasteiger partial charge in [0.25, 0.3) is 0 Å². The summed E-state index contributed by atoms with van der Waals surface area (Å²) >= 11 is 0. The number of para-hydroxylation sites is 6. The number of nitrogens with zero attached hydrogens (tertiary/aromatic N) is 5. The molecule has 0 unspecified atom stereocenters. The van der Waals surface area contributed by atoms with Crippen LogP contribution in [0.2, 0.25) is 0 Å². The lowest BCUT2D eigenvalue weighted by Gasteiger charge is -2.14. The zero-order valence-corrected chi connectivity index (χ0v) is 40.7. The van der Waals surface area contributed by atoms with E-state index in [9.17, 15) is 0 Å². The number of benzene rings is 11. The summed E-state index contributed by atoms with van der Waals surface area (Å²) in [6.07, 6.45) is 0. The summed E-state index contributed by atoms with van der Waals surface area (Å²) in [4.78, 5) is 15.8. The molecule has 16 rings (SSSR count). The van der Waals surface area contributed by atoms with E-state index in [1.54, 1.807) is 0 Å². The first-order chi connectivity index (χ1) is 37.7. The van der Waals surface area contributed by atoms with E-state index in [1.807, 2.05) is 60.7 Å². The van der Waals surface area contributed by atoms with Crippen molar-refractivity contribution < 1.29 is 8.83 Å². The Kier molecular flexibility index (Phi) is 9.20. The van der Waals surface area contributed by atoms with Crippen LogP contribution >= 0.6 is 0 Å². The van der Waals surface area contributed by atoms with E-state index < -0.39 is 0 Å². The van der Waals surface area contributed by atoms with Crippen LogP contribution < -0.4 is 0 Å². The van der Waals surface area contributed by atoms with Gasteiger partial charge in [0.1, 0.15) is 11.2 Å². The van der Waals surface area contributed by atoms with Gasteiger partial charge in [-0.05, 0) is 65.7 Å². The van der Waals surface area contributed by atoms with E-state index in [-0.39, 0.29) is 0 Å². The highest BCUT2D eigenvalue weighted by atomic mass is 16.3. The van der Waals surface area contributed by atoms with Gasteiger partial charge in [-0.3, -0.25) is 0 Å². The number of furan rings is 2. The van der Waals surface area contributed by atoms with Crippen LogP contribution in [-0.2, 0) is 0 Å². The molecule has 0 spiro atoms. The highest BCUT2D eigenvalue weighted by molar-refractivity contribution is 6.24. The summed E-state index contributed by atoms with van der Waals surface area (Å²) in [5.74, 6) is 1.70. The minimum Gasteiger partial charge on any atom is -0.453 e. The number of fused-ring (bicyclic) bond motifs is 14. The lowest BCUT2D eigenvalue weighted by Crippen LogP contribution is -2.01. The smallest absolute Gasteiger partial charge is 0.164 e. The van der Waals surface area contributed by atoms with Gasteiger partial charge >= 0.3 is 0 Å². The van der Waals surface area contributed by atoms with Crippen molar-refractivity contribution in [1.29, 1.82) is 0 Å². The predicted molar refractivity (Wildman–Crippen MR) is 310 cm³/mol. The van der Waals surface area contributed by atoms with Crippen molar-refractivity contribution in [2.45, 2.75) is 0 Å². The van der Waals surface area contributed by atoms with Crippen LogP contribution in [0, 0.1) is 0 Å². The van der Waals surface area contributed by atoms with E-state index in [1.165, 1.54) is 10.8 Å². The molecule has 0 saturated carbocycles. The van der Waals surface area contributed by atoms with Crippen LogP contribution in [0.4, 0.5) is 0 Å². The van der Waals surface area contributed by atoms with Gasteiger partial charge in [0, 0.05) is 82.3 Å². The van der Waals surface area contributed by atoms with Gasteiger partial charge in [-0.1, -0.05) is 194 Å². The normalized spacial score (nSPS) is 11.9. The second-order valence-corrected chi connectivity index (χ2v) is 19.4. The van der Waals surface area contributed by atoms with Crippen LogP contribution in [-0.4, -0.2) is 24.1 Å². The van der Waals surface area contributed by atoms with Crippen molar-refractivity contribution in [2.24, 2.45) is 0 Å². The summed E-state index contributed by atoms with van der Waals surface area (Å²) in [5.41, 5.74) is 16.1. The molecule has 5 heterocycles. The van der Waals surface area contributed by atoms with Crippen LogP contribution in [0.25, 0.3) is 155 Å². The molecule has 7 heteroatoms. The molecule has 0 fully saturated rings. The van der Waals surface area contributed by atoms with Crippen molar-refractivity contribution in [3.63, 3.8) is 0 Å². The average molecular weight is 972 g/mol. The van der Waals surface area contributed by atoms with Gasteiger partial charge in [0.15, 0.2) is 28.6 Å². The maximum Gasteiger partial charge on any atom is 0.164 e. The second-order valence-electron chi connectivity index (χ2n) is 19.4. The van der Waals surface area contributed by atoms with E-state index in [2.05, 4.69) is 197 Å². The fraction of sp³-hybridized carbons (Fsp3) is 0. The third-order valence-corrected chi connectivity index (χ3v) is 15.2. The average Bonchev–Trinajstić information content (AvgIpc) is 4.42. The monoisotopic (exact) mass is 971 g/mol. The van der Waals surface area contributed by atoms with Gasteiger partial charge in [-0.2, -0.15) is 0 Å². The SMILES string of the molecule is c1ccc(-c2nc(-c3ccccc3)nc(-c3cc(-c4cccc5c4oc4c5ccc5c6ccccc6n(-c6ccccc6)c54)ccc3-c3cccc4c3oc3c4ccc4c5ccccc5n(-c5ccccc5)c43)n2)cc1. The molecule has 0 saturated heterocycles. The van der Waals surface area contributed by atoms with Crippen LogP contribution in [0.1, 0.15) is 0 Å². The molecule has 16 aromatic rings. The van der Waals surface area contributed by atoms with Crippen molar-refractivity contribution >= 4 is 87.5 Å². The van der Waals surface area contributed by atoms with E-state index in [0.29, 0.717) is 17.5 Å². The molecule has 0 aliphatic carbocycles. The highest BCUT2D eigenvalue weighted by Crippen LogP contribution is 2.47. The standard InChI is InChI=1S/C69H41N5O2/c1-5-19-42(20-6-1)67-70-68(43-21-7-2-8-22-43)72-69(71-67)58-41-44(47-29-17-31-54-56-39-37-51-49-27-13-15-33-59(49)73(45-23-9-3-10-24-45)61(51)65(56)75-63(47)54)35-36-48(58)53-30-18-32-55-57-40-38-52-50-28-14-16-34-60(50)74(46-25-11-4-12-26-46)62(52)66(57)76-64(53)55/h1-41H. The minimum atomic E-state index is 0.537. The van der Waals surface area contributed by atoms with Crippen molar-refractivity contribution in [1.82, 2.24) is 24.1 Å². The fourth-order valence-electron chi connectivity index (χ4n) is 11.8. The topological polar surface area (TPSA) is 74.8 Å². The second kappa shape index (κ2) is 16.6. The van der Waals surface area contributed by atoms with Crippen molar-refractivity contribution in [3.8, 4) is 67.8 Å². The summed E-state index contributed by atoms with van der Waals surface area (Å²) in [6, 6.07) is 87.0. The molecule has 11 aromatic carbocycles. The Morgan fingerprint density at radius 3 is 1.18 bits per heavy atom. The maximum atomic E-state index is 7.33. The van der Waals surface area contributed by atoms with E-state index in [4.69, 9.17) is 23.8 Å². The van der Waals surface area contributed by atoms with Gasteiger partial charge in [0.05, 0.1) is 22.1 Å². The Morgan fingerprint density at radius 1 is 0.250 bits per heavy atom. The first kappa shape index (κ1) is 42.2. The third kappa shape index (κ3) is 6.33. The molecule has 0 radical (unpaired) electrons. The molecule has 0 N–H and O–H groups in total. The molecule has 0 bridgehead atoms. The third-order valence-electron chi connectivity index (χ3n) is 15.2. The van der Waals surface area contributed by atoms with Gasteiger partial charge < -0.3 is 18.0 Å². The molecular formula is C69H41N5O2. The molecule has 0 aliphatic heterocycles. The molecule has 5 aromatic heterocycles. The Morgan fingerprint density at radius 2 is 0.658 bits per heavy atom. The van der Waals surface area contributed by atoms with Crippen LogP contribution in [0.15, 0.2) is 258 Å². The maximum absolute atomic E-state index is 7.33. The first-order valence-electron chi connectivity index (χ1n) is 25.6. The Labute approximate surface area is 434 Å². The summed E-state index contributed by atoms with van der Waals surface area (Å²) < 4.78 is 19.3. The summed E-state index contributed by atoms with van der Waals surface area (Å²) in [7, 11) is 0. The van der Waals surface area contributed by atoms with E-state index >= 15 is 0 Å². The molecule has 0 amide bonds. The zero-order valence-electron chi connectivity index (χ0n) is 40.7. The molecular weight excluding hydrogens is 931 g/mol.